The van der Waals surface area contributed by atoms with Crippen LogP contribution in [0.2, 0.25) is 0 Å². The predicted octanol–water partition coefficient (Wildman–Crippen LogP) is 1.21. The summed E-state index contributed by atoms with van der Waals surface area (Å²) in [6.45, 7) is 1.86. The number of hydrogen-bond donors (Lipinski definition) is 1. The minimum absolute atomic E-state index is 0.521. The van der Waals surface area contributed by atoms with Gasteiger partial charge in [0.25, 0.3) is 0 Å². The molecule has 0 aliphatic rings. The molecule has 0 spiro atoms. The van der Waals surface area contributed by atoms with Crippen LogP contribution in [-0.2, 0) is 16.0 Å². The van der Waals surface area contributed by atoms with Gasteiger partial charge >= 0.3 is 0 Å². The molecular formula is C12H19N3O2. The Hall–Kier alpha value is -1.46. The van der Waals surface area contributed by atoms with Gasteiger partial charge in [0.1, 0.15) is 0 Å². The number of nitrogens with one attached hydrogen (secondary N) is 1. The van der Waals surface area contributed by atoms with Gasteiger partial charge in [0.2, 0.25) is 0 Å². The van der Waals surface area contributed by atoms with Crippen LogP contribution in [-0.4, -0.2) is 38.1 Å². The molecule has 5 nitrogen and oxygen atoms in total. The number of ether oxygens (including phenoxy) is 2. The zero-order chi connectivity index (χ0) is 12.3. The van der Waals surface area contributed by atoms with E-state index in [1.54, 1.807) is 26.6 Å². The maximum absolute atomic E-state index is 5.07. The molecule has 1 aromatic rings. The van der Waals surface area contributed by atoms with Crippen LogP contribution in [0, 0.1) is 0 Å². The van der Waals surface area contributed by atoms with E-state index in [1.165, 1.54) is 0 Å². The van der Waals surface area contributed by atoms with Gasteiger partial charge in [-0.3, -0.25) is 4.98 Å². The van der Waals surface area contributed by atoms with Crippen LogP contribution in [0.15, 0.2) is 29.6 Å². The highest BCUT2D eigenvalue weighted by Crippen LogP contribution is 1.95. The Labute approximate surface area is 102 Å². The van der Waals surface area contributed by atoms with Crippen LogP contribution in [0.25, 0.3) is 0 Å². The lowest BCUT2D eigenvalue weighted by atomic mass is 10.3. The molecule has 1 heterocycles. The predicted molar refractivity (Wildman–Crippen MR) is 66.9 cm³/mol. The first-order valence-corrected chi connectivity index (χ1v) is 5.52. The summed E-state index contributed by atoms with van der Waals surface area (Å²) in [5, 5.41) is 4.29. The van der Waals surface area contributed by atoms with Crippen molar-refractivity contribution >= 4 is 5.71 Å². The molecule has 0 amide bonds. The largest absolute Gasteiger partial charge is 0.384 e. The van der Waals surface area contributed by atoms with E-state index in [2.05, 4.69) is 15.5 Å². The molecule has 0 fully saturated rings. The summed E-state index contributed by atoms with van der Waals surface area (Å²) in [5.74, 6) is 0. The number of methoxy groups -OCH3 is 2. The second-order valence-corrected chi connectivity index (χ2v) is 3.54. The van der Waals surface area contributed by atoms with Crippen molar-refractivity contribution in [1.29, 1.82) is 0 Å². The van der Waals surface area contributed by atoms with Crippen LogP contribution < -0.4 is 5.43 Å². The number of aromatic nitrogens is 1. The van der Waals surface area contributed by atoms with E-state index in [0.717, 1.165) is 17.7 Å². The minimum atomic E-state index is 0.521. The molecule has 1 rings (SSSR count). The van der Waals surface area contributed by atoms with Gasteiger partial charge in [-0.25, -0.2) is 0 Å². The Kier molecular flexibility index (Phi) is 6.93. The first-order valence-electron chi connectivity index (χ1n) is 5.52. The molecule has 5 heteroatoms. The van der Waals surface area contributed by atoms with E-state index in [4.69, 9.17) is 9.47 Å². The first kappa shape index (κ1) is 13.6. The smallest absolute Gasteiger partial charge is 0.0863 e. The molecule has 0 unspecified atom stereocenters. The fourth-order valence-electron chi connectivity index (χ4n) is 1.29. The van der Waals surface area contributed by atoms with Gasteiger partial charge in [-0.15, -0.1) is 0 Å². The fourth-order valence-corrected chi connectivity index (χ4v) is 1.29. The minimum Gasteiger partial charge on any atom is -0.384 e. The molecule has 1 N–H and O–H groups in total. The van der Waals surface area contributed by atoms with Crippen molar-refractivity contribution < 1.29 is 9.47 Å². The van der Waals surface area contributed by atoms with Crippen LogP contribution in [0.1, 0.15) is 12.0 Å². The molecule has 17 heavy (non-hydrogen) atoms. The van der Waals surface area contributed by atoms with Gasteiger partial charge in [-0.05, 0) is 17.7 Å². The molecule has 0 saturated heterocycles. The Morgan fingerprint density at radius 3 is 2.71 bits per heavy atom. The maximum Gasteiger partial charge on any atom is 0.0863 e. The summed E-state index contributed by atoms with van der Waals surface area (Å²) >= 11 is 0. The summed E-state index contributed by atoms with van der Waals surface area (Å²) in [5.41, 5.74) is 5.11. The molecule has 94 valence electrons. The normalized spacial score (nSPS) is 11.5. The van der Waals surface area contributed by atoms with Crippen LogP contribution in [0.4, 0.5) is 0 Å². The van der Waals surface area contributed by atoms with Gasteiger partial charge in [-0.1, -0.05) is 0 Å². The molecule has 0 saturated carbocycles. The average molecular weight is 237 g/mol. The highest BCUT2D eigenvalue weighted by molar-refractivity contribution is 5.85. The molecule has 0 aliphatic heterocycles. The van der Waals surface area contributed by atoms with Gasteiger partial charge in [0.15, 0.2) is 0 Å². The Morgan fingerprint density at radius 1 is 1.29 bits per heavy atom. The first-order chi connectivity index (χ1) is 8.36. The number of pyridine rings is 1. The van der Waals surface area contributed by atoms with E-state index in [0.29, 0.717) is 19.8 Å². The third kappa shape index (κ3) is 5.99. The summed E-state index contributed by atoms with van der Waals surface area (Å²) in [6, 6.07) is 3.90. The van der Waals surface area contributed by atoms with E-state index < -0.39 is 0 Å². The van der Waals surface area contributed by atoms with Crippen molar-refractivity contribution in [3.63, 3.8) is 0 Å². The molecule has 0 bridgehead atoms. The molecular weight excluding hydrogens is 218 g/mol. The highest BCUT2D eigenvalue weighted by atomic mass is 16.5. The van der Waals surface area contributed by atoms with Crippen molar-refractivity contribution in [3.05, 3.63) is 30.1 Å². The van der Waals surface area contributed by atoms with Crippen molar-refractivity contribution in [3.8, 4) is 0 Å². The van der Waals surface area contributed by atoms with Crippen LogP contribution in [0.5, 0.6) is 0 Å². The van der Waals surface area contributed by atoms with Crippen molar-refractivity contribution in [2.24, 2.45) is 5.10 Å². The molecule has 1 aromatic heterocycles. The fraction of sp³-hybridized carbons (Fsp3) is 0.500. The van der Waals surface area contributed by atoms with Crippen molar-refractivity contribution in [2.45, 2.75) is 13.0 Å². The standard InChI is InChI=1S/C12H19N3O2/c1-16-8-5-12(10-17-2)15-14-9-11-3-6-13-7-4-11/h3-4,6-7,14H,5,8-10H2,1-2H3. The zero-order valence-electron chi connectivity index (χ0n) is 10.3. The zero-order valence-corrected chi connectivity index (χ0v) is 10.3. The lowest BCUT2D eigenvalue weighted by Gasteiger charge is -2.06. The topological polar surface area (TPSA) is 55.7 Å². The van der Waals surface area contributed by atoms with Crippen molar-refractivity contribution in [2.75, 3.05) is 27.4 Å². The van der Waals surface area contributed by atoms with Crippen LogP contribution in [0.3, 0.4) is 0 Å². The van der Waals surface area contributed by atoms with Crippen molar-refractivity contribution in [1.82, 2.24) is 10.4 Å². The second kappa shape index (κ2) is 8.66. The lowest BCUT2D eigenvalue weighted by molar-refractivity contribution is 0.201. The third-order valence-electron chi connectivity index (χ3n) is 2.18. The highest BCUT2D eigenvalue weighted by Gasteiger charge is 1.98. The summed E-state index contributed by atoms with van der Waals surface area (Å²) in [4.78, 5) is 3.96. The molecule has 0 aliphatic carbocycles. The van der Waals surface area contributed by atoms with Crippen LogP contribution >= 0.6 is 0 Å². The number of rotatable bonds is 8. The summed E-state index contributed by atoms with van der Waals surface area (Å²) < 4.78 is 10.1. The van der Waals surface area contributed by atoms with Gasteiger partial charge < -0.3 is 14.9 Å². The lowest BCUT2D eigenvalue weighted by Crippen LogP contribution is -2.16. The summed E-state index contributed by atoms with van der Waals surface area (Å²) in [6.07, 6.45) is 4.30. The van der Waals surface area contributed by atoms with E-state index in [-0.39, 0.29) is 0 Å². The average Bonchev–Trinajstić information content (AvgIpc) is 2.37. The second-order valence-electron chi connectivity index (χ2n) is 3.54. The Balaban J connectivity index is 2.37. The quantitative estimate of drug-likeness (QED) is 0.545. The van der Waals surface area contributed by atoms with Gasteiger partial charge in [-0.2, -0.15) is 5.10 Å². The SMILES string of the molecule is COCCC(COC)=NNCc1ccncc1. The third-order valence-corrected chi connectivity index (χ3v) is 2.18. The molecule has 0 aromatic carbocycles. The number of hydrazone groups is 1. The van der Waals surface area contributed by atoms with E-state index in [1.807, 2.05) is 12.1 Å². The number of hydrogen-bond acceptors (Lipinski definition) is 5. The van der Waals surface area contributed by atoms with Gasteiger partial charge in [0.05, 0.1) is 25.5 Å². The van der Waals surface area contributed by atoms with E-state index in [9.17, 15) is 0 Å². The van der Waals surface area contributed by atoms with Gasteiger partial charge in [0, 0.05) is 33.0 Å². The molecule has 0 radical (unpaired) electrons. The maximum atomic E-state index is 5.07. The number of nitrogens with zero attached hydrogens (tertiary/aromatic N) is 2. The summed E-state index contributed by atoms with van der Waals surface area (Å²) in [7, 11) is 3.33. The molecule has 0 atom stereocenters. The van der Waals surface area contributed by atoms with E-state index >= 15 is 0 Å². The Morgan fingerprint density at radius 2 is 2.06 bits per heavy atom. The Bertz CT molecular complexity index is 328. The monoisotopic (exact) mass is 237 g/mol.